The van der Waals surface area contributed by atoms with E-state index in [1.807, 2.05) is 16.8 Å². The van der Waals surface area contributed by atoms with Crippen LogP contribution in [0.2, 0.25) is 0 Å². The minimum absolute atomic E-state index is 0.0887. The standard InChI is InChI=1S/C11H13N5O2S/c1-7-9(16(17)18)10(15-11(12-2)14-7)13-5-8-3-4-19-6-8/h3-4,6H,5H2,1-2H3,(H2,12,13,14,15). The molecule has 0 atom stereocenters. The van der Waals surface area contributed by atoms with Gasteiger partial charge in [-0.05, 0) is 29.3 Å². The van der Waals surface area contributed by atoms with E-state index in [2.05, 4.69) is 20.6 Å². The quantitative estimate of drug-likeness (QED) is 0.645. The molecule has 0 aliphatic carbocycles. The molecule has 7 nitrogen and oxygen atoms in total. The van der Waals surface area contributed by atoms with Gasteiger partial charge in [0, 0.05) is 13.6 Å². The molecule has 2 N–H and O–H groups in total. The van der Waals surface area contributed by atoms with Crippen molar-refractivity contribution in [3.8, 4) is 0 Å². The summed E-state index contributed by atoms with van der Waals surface area (Å²) in [6.07, 6.45) is 0. The summed E-state index contributed by atoms with van der Waals surface area (Å²) >= 11 is 1.58. The maximum Gasteiger partial charge on any atom is 0.332 e. The first-order valence-corrected chi connectivity index (χ1v) is 6.52. The highest BCUT2D eigenvalue weighted by atomic mass is 32.1. The third-order valence-electron chi connectivity index (χ3n) is 2.50. The number of rotatable bonds is 5. The summed E-state index contributed by atoms with van der Waals surface area (Å²) < 4.78 is 0. The van der Waals surface area contributed by atoms with Crippen LogP contribution in [0, 0.1) is 17.0 Å². The van der Waals surface area contributed by atoms with E-state index in [1.165, 1.54) is 0 Å². The van der Waals surface area contributed by atoms with Crippen LogP contribution in [0.4, 0.5) is 17.5 Å². The lowest BCUT2D eigenvalue weighted by Gasteiger charge is -2.08. The van der Waals surface area contributed by atoms with E-state index in [1.54, 1.807) is 25.3 Å². The average molecular weight is 279 g/mol. The van der Waals surface area contributed by atoms with Gasteiger partial charge >= 0.3 is 5.69 Å². The van der Waals surface area contributed by atoms with Crippen molar-refractivity contribution in [3.05, 3.63) is 38.2 Å². The fourth-order valence-electron chi connectivity index (χ4n) is 1.60. The van der Waals surface area contributed by atoms with Crippen molar-refractivity contribution in [2.24, 2.45) is 0 Å². The molecule has 2 aromatic heterocycles. The normalized spacial score (nSPS) is 10.2. The van der Waals surface area contributed by atoms with Crippen molar-refractivity contribution in [1.82, 2.24) is 9.97 Å². The maximum absolute atomic E-state index is 11.1. The molecular formula is C11H13N5O2S. The van der Waals surface area contributed by atoms with Crippen LogP contribution in [0.1, 0.15) is 11.3 Å². The van der Waals surface area contributed by atoms with Crippen molar-refractivity contribution in [2.45, 2.75) is 13.5 Å². The number of aryl methyl sites for hydroxylation is 1. The minimum Gasteiger partial charge on any atom is -0.360 e. The second-order valence-electron chi connectivity index (χ2n) is 3.82. The van der Waals surface area contributed by atoms with Gasteiger partial charge in [0.2, 0.25) is 11.8 Å². The zero-order valence-electron chi connectivity index (χ0n) is 10.5. The van der Waals surface area contributed by atoms with Crippen molar-refractivity contribution < 1.29 is 4.92 Å². The number of hydrogen-bond donors (Lipinski definition) is 2. The second-order valence-corrected chi connectivity index (χ2v) is 4.60. The van der Waals surface area contributed by atoms with E-state index >= 15 is 0 Å². The van der Waals surface area contributed by atoms with Gasteiger partial charge in [-0.3, -0.25) is 10.1 Å². The molecule has 0 bridgehead atoms. The largest absolute Gasteiger partial charge is 0.360 e. The SMILES string of the molecule is CNc1nc(C)c([N+](=O)[O-])c(NCc2ccsc2)n1. The van der Waals surface area contributed by atoms with Gasteiger partial charge in [0.15, 0.2) is 0 Å². The molecule has 0 amide bonds. The van der Waals surface area contributed by atoms with Gasteiger partial charge in [-0.25, -0.2) is 4.98 Å². The minimum atomic E-state index is -0.468. The van der Waals surface area contributed by atoms with Gasteiger partial charge < -0.3 is 10.6 Å². The summed E-state index contributed by atoms with van der Waals surface area (Å²) in [5.41, 5.74) is 1.30. The lowest BCUT2D eigenvalue weighted by Crippen LogP contribution is -2.09. The summed E-state index contributed by atoms with van der Waals surface area (Å²) in [6, 6.07) is 1.95. The number of aromatic nitrogens is 2. The Kier molecular flexibility index (Phi) is 3.91. The van der Waals surface area contributed by atoms with Gasteiger partial charge in [0.1, 0.15) is 5.69 Å². The molecule has 0 saturated heterocycles. The molecule has 8 heteroatoms. The molecule has 2 heterocycles. The highest BCUT2D eigenvalue weighted by molar-refractivity contribution is 7.07. The first-order valence-electron chi connectivity index (χ1n) is 5.57. The number of anilines is 2. The predicted molar refractivity (Wildman–Crippen MR) is 74.6 cm³/mol. The van der Waals surface area contributed by atoms with E-state index in [-0.39, 0.29) is 11.5 Å². The van der Waals surface area contributed by atoms with Crippen LogP contribution in [0.3, 0.4) is 0 Å². The molecule has 2 rings (SSSR count). The Balaban J connectivity index is 2.30. The van der Waals surface area contributed by atoms with Crippen molar-refractivity contribution in [2.75, 3.05) is 17.7 Å². The van der Waals surface area contributed by atoms with Crippen LogP contribution in [-0.2, 0) is 6.54 Å². The van der Waals surface area contributed by atoms with Crippen LogP contribution in [0.25, 0.3) is 0 Å². The monoisotopic (exact) mass is 279 g/mol. The van der Waals surface area contributed by atoms with Gasteiger partial charge in [0.25, 0.3) is 0 Å². The maximum atomic E-state index is 11.1. The Hall–Kier alpha value is -2.22. The molecule has 0 aromatic carbocycles. The van der Waals surface area contributed by atoms with E-state index in [0.29, 0.717) is 18.2 Å². The van der Waals surface area contributed by atoms with Crippen LogP contribution < -0.4 is 10.6 Å². The summed E-state index contributed by atoms with van der Waals surface area (Å²) in [5, 5.41) is 20.8. The molecule has 0 saturated carbocycles. The van der Waals surface area contributed by atoms with Crippen LogP contribution >= 0.6 is 11.3 Å². The Morgan fingerprint density at radius 2 is 2.26 bits per heavy atom. The Labute approximate surface area is 113 Å². The summed E-state index contributed by atoms with van der Waals surface area (Å²) in [6.45, 7) is 2.08. The number of nitrogens with zero attached hydrogens (tertiary/aromatic N) is 3. The van der Waals surface area contributed by atoms with Gasteiger partial charge in [-0.2, -0.15) is 16.3 Å². The van der Waals surface area contributed by atoms with E-state index in [0.717, 1.165) is 5.56 Å². The van der Waals surface area contributed by atoms with Crippen LogP contribution in [-0.4, -0.2) is 21.9 Å². The van der Waals surface area contributed by atoms with Gasteiger partial charge in [0.05, 0.1) is 4.92 Å². The number of hydrogen-bond acceptors (Lipinski definition) is 7. The first kappa shape index (κ1) is 13.2. The van der Waals surface area contributed by atoms with E-state index < -0.39 is 4.92 Å². The molecule has 19 heavy (non-hydrogen) atoms. The number of nitro groups is 1. The second kappa shape index (κ2) is 5.61. The number of nitrogens with one attached hydrogen (secondary N) is 2. The molecular weight excluding hydrogens is 266 g/mol. The van der Waals surface area contributed by atoms with Crippen LogP contribution in [0.5, 0.6) is 0 Å². The zero-order chi connectivity index (χ0) is 13.8. The fourth-order valence-corrected chi connectivity index (χ4v) is 2.27. The predicted octanol–water partition coefficient (Wildman–Crippen LogP) is 2.41. The third kappa shape index (κ3) is 2.97. The highest BCUT2D eigenvalue weighted by Gasteiger charge is 2.21. The first-order chi connectivity index (χ1) is 9.11. The lowest BCUT2D eigenvalue weighted by molar-refractivity contribution is -0.385. The highest BCUT2D eigenvalue weighted by Crippen LogP contribution is 2.26. The van der Waals surface area contributed by atoms with Crippen molar-refractivity contribution in [3.63, 3.8) is 0 Å². The summed E-state index contributed by atoms with van der Waals surface area (Å²) in [4.78, 5) is 18.7. The Bertz CT molecular complexity index is 585. The van der Waals surface area contributed by atoms with Crippen LogP contribution in [0.15, 0.2) is 16.8 Å². The smallest absolute Gasteiger partial charge is 0.332 e. The fraction of sp³-hybridized carbons (Fsp3) is 0.273. The topological polar surface area (TPSA) is 93.0 Å². The molecule has 0 aliphatic heterocycles. The average Bonchev–Trinajstić information content (AvgIpc) is 2.88. The van der Waals surface area contributed by atoms with Crippen molar-refractivity contribution >= 4 is 28.8 Å². The third-order valence-corrected chi connectivity index (χ3v) is 3.24. The van der Waals surface area contributed by atoms with Crippen molar-refractivity contribution in [1.29, 1.82) is 0 Å². The molecule has 0 aliphatic rings. The lowest BCUT2D eigenvalue weighted by atomic mass is 10.3. The summed E-state index contributed by atoms with van der Waals surface area (Å²) in [7, 11) is 1.67. The molecule has 0 radical (unpaired) electrons. The van der Waals surface area contributed by atoms with Gasteiger partial charge in [-0.15, -0.1) is 0 Å². The Morgan fingerprint density at radius 1 is 1.47 bits per heavy atom. The molecule has 100 valence electrons. The number of thiophene rings is 1. The van der Waals surface area contributed by atoms with Gasteiger partial charge in [-0.1, -0.05) is 0 Å². The molecule has 2 aromatic rings. The van der Waals surface area contributed by atoms with E-state index in [4.69, 9.17) is 0 Å². The zero-order valence-corrected chi connectivity index (χ0v) is 11.3. The molecule has 0 fully saturated rings. The molecule has 0 spiro atoms. The Morgan fingerprint density at radius 3 is 2.84 bits per heavy atom. The summed E-state index contributed by atoms with van der Waals surface area (Å²) in [5.74, 6) is 0.587. The van der Waals surface area contributed by atoms with E-state index in [9.17, 15) is 10.1 Å². The molecule has 0 unspecified atom stereocenters.